The molecule has 1 aliphatic carbocycles. The minimum absolute atomic E-state index is 0.181. The van der Waals surface area contributed by atoms with Gasteiger partial charge in [-0.25, -0.2) is 0 Å². The van der Waals surface area contributed by atoms with Crippen LogP contribution in [0.3, 0.4) is 0 Å². The summed E-state index contributed by atoms with van der Waals surface area (Å²) in [6, 6.07) is 0. The number of hydrogen-bond acceptors (Lipinski definition) is 2. The highest BCUT2D eigenvalue weighted by molar-refractivity contribution is 5.65. The molecule has 2 heteroatoms. The van der Waals surface area contributed by atoms with Gasteiger partial charge in [0.05, 0.1) is 6.61 Å². The Morgan fingerprint density at radius 3 is 2.43 bits per heavy atom. The van der Waals surface area contributed by atoms with Gasteiger partial charge in [-0.2, -0.15) is 0 Å². The first-order valence-electron chi connectivity index (χ1n) is 5.14. The van der Waals surface area contributed by atoms with Crippen molar-refractivity contribution >= 4 is 5.97 Å². The molecule has 80 valence electrons. The molecule has 0 heterocycles. The lowest BCUT2D eigenvalue weighted by Gasteiger charge is -2.52. The first kappa shape index (κ1) is 11.3. The van der Waals surface area contributed by atoms with Crippen molar-refractivity contribution in [2.45, 2.75) is 34.1 Å². The molecule has 0 aromatic rings. The zero-order chi connectivity index (χ0) is 10.9. The molecule has 0 aromatic heterocycles. The lowest BCUT2D eigenvalue weighted by Crippen LogP contribution is -2.47. The predicted octanol–water partition coefficient (Wildman–Crippen LogP) is 2.79. The van der Waals surface area contributed by atoms with Gasteiger partial charge in [-0.05, 0) is 30.6 Å². The van der Waals surface area contributed by atoms with Crippen molar-refractivity contribution in [1.29, 1.82) is 0 Å². The Morgan fingerprint density at radius 1 is 1.50 bits per heavy atom. The molecule has 1 aliphatic rings. The van der Waals surface area contributed by atoms with Crippen LogP contribution in [0.25, 0.3) is 0 Å². The highest BCUT2D eigenvalue weighted by Crippen LogP contribution is 2.54. The van der Waals surface area contributed by atoms with Crippen molar-refractivity contribution in [1.82, 2.24) is 0 Å². The van der Waals surface area contributed by atoms with Crippen LogP contribution in [0.15, 0.2) is 12.2 Å². The highest BCUT2D eigenvalue weighted by atomic mass is 16.5. The summed E-state index contributed by atoms with van der Waals surface area (Å²) in [5, 5.41) is 0. The Bertz CT molecular complexity index is 251. The van der Waals surface area contributed by atoms with Gasteiger partial charge in [0, 0.05) is 6.92 Å². The molecule has 2 unspecified atom stereocenters. The summed E-state index contributed by atoms with van der Waals surface area (Å²) < 4.78 is 5.04. The van der Waals surface area contributed by atoms with E-state index in [1.807, 2.05) is 0 Å². The van der Waals surface area contributed by atoms with E-state index in [0.717, 1.165) is 6.42 Å². The number of carbonyl (C=O) groups is 1. The van der Waals surface area contributed by atoms with Crippen LogP contribution in [0.2, 0.25) is 0 Å². The fourth-order valence-corrected chi connectivity index (χ4v) is 2.35. The van der Waals surface area contributed by atoms with Gasteiger partial charge in [-0.15, -0.1) is 0 Å². The maximum Gasteiger partial charge on any atom is 0.302 e. The third-order valence-electron chi connectivity index (χ3n) is 3.55. The van der Waals surface area contributed by atoms with Crippen molar-refractivity contribution in [2.75, 3.05) is 6.61 Å². The average Bonchev–Trinajstić information content (AvgIpc) is 2.00. The van der Waals surface area contributed by atoms with E-state index in [1.165, 1.54) is 12.5 Å². The van der Waals surface area contributed by atoms with Gasteiger partial charge < -0.3 is 4.74 Å². The molecule has 0 N–H and O–H groups in total. The lowest BCUT2D eigenvalue weighted by molar-refractivity contribution is -0.147. The number of carbonyl (C=O) groups excluding carboxylic acids is 1. The van der Waals surface area contributed by atoms with Crippen LogP contribution in [-0.4, -0.2) is 12.6 Å². The van der Waals surface area contributed by atoms with Crippen LogP contribution in [0.4, 0.5) is 0 Å². The van der Waals surface area contributed by atoms with E-state index < -0.39 is 0 Å². The molecule has 0 amide bonds. The summed E-state index contributed by atoms with van der Waals surface area (Å²) in [5.74, 6) is 0.899. The summed E-state index contributed by atoms with van der Waals surface area (Å²) in [5.41, 5.74) is 1.48. The standard InChI is InChI=1S/C12H20O2/c1-8(2)11-6-10(12(11,4)5)7-14-9(3)13/h10-11H,1,6-7H2,2-5H3. The second-order valence-electron chi connectivity index (χ2n) is 4.96. The van der Waals surface area contributed by atoms with Gasteiger partial charge in [0.15, 0.2) is 0 Å². The van der Waals surface area contributed by atoms with E-state index in [4.69, 9.17) is 4.74 Å². The van der Waals surface area contributed by atoms with Crippen LogP contribution in [0.1, 0.15) is 34.1 Å². The van der Waals surface area contributed by atoms with Gasteiger partial charge in [0.1, 0.15) is 0 Å². The SMILES string of the molecule is C=C(C)C1CC(COC(C)=O)C1(C)C. The van der Waals surface area contributed by atoms with Gasteiger partial charge in [-0.3, -0.25) is 4.79 Å². The van der Waals surface area contributed by atoms with Crippen LogP contribution >= 0.6 is 0 Å². The molecule has 0 aliphatic heterocycles. The van der Waals surface area contributed by atoms with Crippen LogP contribution in [0.5, 0.6) is 0 Å². The lowest BCUT2D eigenvalue weighted by atomic mass is 9.53. The molecule has 2 atom stereocenters. The van der Waals surface area contributed by atoms with E-state index in [1.54, 1.807) is 0 Å². The van der Waals surface area contributed by atoms with E-state index in [2.05, 4.69) is 27.4 Å². The zero-order valence-corrected chi connectivity index (χ0v) is 9.59. The van der Waals surface area contributed by atoms with Gasteiger partial charge >= 0.3 is 5.97 Å². The summed E-state index contributed by atoms with van der Waals surface area (Å²) >= 11 is 0. The van der Waals surface area contributed by atoms with Crippen molar-refractivity contribution in [3.63, 3.8) is 0 Å². The van der Waals surface area contributed by atoms with E-state index in [-0.39, 0.29) is 11.4 Å². The van der Waals surface area contributed by atoms with Gasteiger partial charge in [0.2, 0.25) is 0 Å². The van der Waals surface area contributed by atoms with Crippen molar-refractivity contribution < 1.29 is 9.53 Å². The average molecular weight is 196 g/mol. The third-order valence-corrected chi connectivity index (χ3v) is 3.55. The van der Waals surface area contributed by atoms with Crippen molar-refractivity contribution in [3.05, 3.63) is 12.2 Å². The number of esters is 1. The maximum atomic E-state index is 10.7. The fraction of sp³-hybridized carbons (Fsp3) is 0.750. The molecule has 0 spiro atoms. The largest absolute Gasteiger partial charge is 0.466 e. The minimum Gasteiger partial charge on any atom is -0.466 e. The molecular formula is C12H20O2. The number of ether oxygens (including phenoxy) is 1. The molecule has 0 radical (unpaired) electrons. The van der Waals surface area contributed by atoms with Crippen LogP contribution in [-0.2, 0) is 9.53 Å². The maximum absolute atomic E-state index is 10.7. The topological polar surface area (TPSA) is 26.3 Å². The molecular weight excluding hydrogens is 176 g/mol. The number of hydrogen-bond donors (Lipinski definition) is 0. The summed E-state index contributed by atoms with van der Waals surface area (Å²) in [6.45, 7) is 12.5. The molecule has 0 bridgehead atoms. The third kappa shape index (κ3) is 1.99. The molecule has 1 fully saturated rings. The van der Waals surface area contributed by atoms with Gasteiger partial charge in [0.25, 0.3) is 0 Å². The zero-order valence-electron chi connectivity index (χ0n) is 9.59. The summed E-state index contributed by atoms with van der Waals surface area (Å²) in [4.78, 5) is 10.7. The Balaban J connectivity index is 2.46. The van der Waals surface area contributed by atoms with Crippen molar-refractivity contribution in [2.24, 2.45) is 17.3 Å². The first-order chi connectivity index (χ1) is 6.35. The Morgan fingerprint density at radius 2 is 2.07 bits per heavy atom. The Labute approximate surface area is 86.3 Å². The van der Waals surface area contributed by atoms with Crippen LogP contribution in [0, 0.1) is 17.3 Å². The second-order valence-corrected chi connectivity index (χ2v) is 4.96. The van der Waals surface area contributed by atoms with Gasteiger partial charge in [-0.1, -0.05) is 26.0 Å². The van der Waals surface area contributed by atoms with E-state index >= 15 is 0 Å². The van der Waals surface area contributed by atoms with E-state index in [9.17, 15) is 4.79 Å². The Kier molecular flexibility index (Phi) is 3.03. The molecule has 0 saturated heterocycles. The molecule has 14 heavy (non-hydrogen) atoms. The normalized spacial score (nSPS) is 29.1. The van der Waals surface area contributed by atoms with Crippen molar-refractivity contribution in [3.8, 4) is 0 Å². The second kappa shape index (κ2) is 3.76. The fourth-order valence-electron chi connectivity index (χ4n) is 2.35. The van der Waals surface area contributed by atoms with E-state index in [0.29, 0.717) is 18.4 Å². The first-order valence-corrected chi connectivity index (χ1v) is 5.14. The molecule has 1 rings (SSSR count). The summed E-state index contributed by atoms with van der Waals surface area (Å²) in [7, 11) is 0. The van der Waals surface area contributed by atoms with Crippen LogP contribution < -0.4 is 0 Å². The number of allylic oxidation sites excluding steroid dienone is 1. The quantitative estimate of drug-likeness (QED) is 0.512. The molecule has 1 saturated carbocycles. The minimum atomic E-state index is -0.181. The smallest absolute Gasteiger partial charge is 0.302 e. The predicted molar refractivity (Wildman–Crippen MR) is 56.8 cm³/mol. The highest BCUT2D eigenvalue weighted by Gasteiger charge is 2.48. The summed E-state index contributed by atoms with van der Waals surface area (Å²) in [6.07, 6.45) is 1.11. The Hall–Kier alpha value is -0.790. The molecule has 0 aromatic carbocycles. The molecule has 2 nitrogen and oxygen atoms in total. The monoisotopic (exact) mass is 196 g/mol. The number of rotatable bonds is 3.